The number of hydrogen-bond acceptors (Lipinski definition) is 4. The molecule has 0 amide bonds. The minimum Gasteiger partial charge on any atom is -0.496 e. The molecule has 276 valence electrons. The average Bonchev–Trinajstić information content (AvgIpc) is 3.81. The summed E-state index contributed by atoms with van der Waals surface area (Å²) >= 11 is 0. The number of hydrogen-bond donors (Lipinski definition) is 0. The highest BCUT2D eigenvalue weighted by atomic mass is 28.3. The van der Waals surface area contributed by atoms with Gasteiger partial charge in [-0.05, 0) is 78.9 Å². The Bertz CT molecular complexity index is 2860. The van der Waals surface area contributed by atoms with Gasteiger partial charge in [0.15, 0.2) is 0 Å². The predicted octanol–water partition coefficient (Wildman–Crippen LogP) is 10.8. The van der Waals surface area contributed by atoms with E-state index in [0.29, 0.717) is 18.7 Å². The molecule has 3 heterocycles. The molecule has 7 heteroatoms. The van der Waals surface area contributed by atoms with Crippen LogP contribution in [0.1, 0.15) is 0 Å². The predicted molar refractivity (Wildman–Crippen MR) is 234 cm³/mol. The average molecular weight is 758 g/mol. The van der Waals surface area contributed by atoms with Crippen LogP contribution in [0.25, 0.3) is 55.1 Å². The van der Waals surface area contributed by atoms with Gasteiger partial charge in [-0.15, -0.1) is 0 Å². The normalized spacial score (nSPS) is 11.7. The number of fused-ring (bicyclic) bond motifs is 7. The first-order chi connectivity index (χ1) is 28.3. The van der Waals surface area contributed by atoms with Crippen molar-refractivity contribution in [1.29, 1.82) is 0 Å². The molecule has 10 rings (SSSR count). The van der Waals surface area contributed by atoms with Crippen molar-refractivity contribution in [3.63, 3.8) is 0 Å². The third kappa shape index (κ3) is 6.38. The molecule has 0 saturated heterocycles. The number of nitrogens with zero attached hydrogens (tertiary/aromatic N) is 3. The zero-order valence-corrected chi connectivity index (χ0v) is 32.2. The third-order valence-corrected chi connectivity index (χ3v) is 14.2. The van der Waals surface area contributed by atoms with Gasteiger partial charge in [-0.25, -0.2) is 4.98 Å². The van der Waals surface area contributed by atoms with Crippen LogP contribution >= 0.6 is 0 Å². The van der Waals surface area contributed by atoms with Gasteiger partial charge in [-0.2, -0.15) is 0 Å². The van der Waals surface area contributed by atoms with E-state index in [1.807, 2.05) is 91.0 Å². The summed E-state index contributed by atoms with van der Waals surface area (Å²) in [4.78, 5) is 5.65. The maximum Gasteiger partial charge on any atom is 0.233 e. The minimum absolute atomic E-state index is 0.398. The molecule has 0 aliphatic heterocycles. The highest BCUT2D eigenvalue weighted by Gasteiger charge is 2.42. The van der Waals surface area contributed by atoms with Crippen molar-refractivity contribution in [1.82, 2.24) is 14.1 Å². The molecule has 0 aliphatic rings. The van der Waals surface area contributed by atoms with Gasteiger partial charge >= 0.3 is 0 Å². The summed E-state index contributed by atoms with van der Waals surface area (Å²) in [5, 5.41) is 5.67. The molecule has 0 spiro atoms. The van der Waals surface area contributed by atoms with Crippen molar-refractivity contribution in [3.05, 3.63) is 200 Å². The number of aromatic nitrogens is 3. The summed E-state index contributed by atoms with van der Waals surface area (Å²) in [7, 11) is -2.93. The summed E-state index contributed by atoms with van der Waals surface area (Å²) in [6.45, 7) is 0. The molecule has 57 heavy (non-hydrogen) atoms. The lowest BCUT2D eigenvalue weighted by molar-refractivity contribution is 0.316. The van der Waals surface area contributed by atoms with Crippen molar-refractivity contribution in [2.45, 2.75) is 0 Å². The van der Waals surface area contributed by atoms with Crippen LogP contribution in [0.15, 0.2) is 200 Å². The Morgan fingerprint density at radius 1 is 0.386 bits per heavy atom. The Morgan fingerprint density at radius 2 is 0.877 bits per heavy atom. The fraction of sp³-hybridized carbons (Fsp3) is 0.0600. The fourth-order valence-corrected chi connectivity index (χ4v) is 10.8. The molecule has 0 fully saturated rings. The van der Waals surface area contributed by atoms with E-state index in [2.05, 4.69) is 118 Å². The smallest absolute Gasteiger partial charge is 0.233 e. The van der Waals surface area contributed by atoms with Gasteiger partial charge in [-0.1, -0.05) is 121 Å². The van der Waals surface area contributed by atoms with Gasteiger partial charge in [-0.3, -0.25) is 4.57 Å². The van der Waals surface area contributed by atoms with Gasteiger partial charge in [0, 0.05) is 32.5 Å². The zero-order valence-electron chi connectivity index (χ0n) is 31.2. The van der Waals surface area contributed by atoms with Crippen LogP contribution in [0.3, 0.4) is 0 Å². The van der Waals surface area contributed by atoms with Crippen molar-refractivity contribution >= 4 is 57.0 Å². The number of ether oxygens (including phenoxy) is 3. The summed E-state index contributed by atoms with van der Waals surface area (Å²) < 4.78 is 24.8. The Hall–Kier alpha value is -7.09. The second-order valence-electron chi connectivity index (χ2n) is 14.4. The molecule has 0 unspecified atom stereocenters. The Morgan fingerprint density at radius 3 is 1.46 bits per heavy atom. The second-order valence-corrected chi connectivity index (χ2v) is 18.3. The Kier molecular flexibility index (Phi) is 8.97. The van der Waals surface area contributed by atoms with E-state index in [9.17, 15) is 0 Å². The number of benzene rings is 7. The molecular weight excluding hydrogens is 719 g/mol. The molecule has 0 atom stereocenters. The van der Waals surface area contributed by atoms with E-state index in [0.717, 1.165) is 56.1 Å². The van der Waals surface area contributed by atoms with Crippen molar-refractivity contribution in [3.8, 4) is 28.8 Å². The first-order valence-electron chi connectivity index (χ1n) is 19.3. The minimum atomic E-state index is -2.93. The van der Waals surface area contributed by atoms with Crippen LogP contribution in [0.2, 0.25) is 0 Å². The monoisotopic (exact) mass is 757 g/mol. The summed E-state index contributed by atoms with van der Waals surface area (Å²) in [6.07, 6.45) is 1.19. The van der Waals surface area contributed by atoms with Crippen molar-refractivity contribution in [2.24, 2.45) is 0 Å². The summed E-state index contributed by atoms with van der Waals surface area (Å²) in [5.74, 6) is 3.22. The van der Waals surface area contributed by atoms with Crippen molar-refractivity contribution in [2.75, 3.05) is 18.7 Å². The van der Waals surface area contributed by atoms with E-state index in [1.54, 1.807) is 0 Å². The van der Waals surface area contributed by atoms with Gasteiger partial charge in [0.05, 0.1) is 40.8 Å². The van der Waals surface area contributed by atoms with Gasteiger partial charge in [0.1, 0.15) is 23.1 Å². The van der Waals surface area contributed by atoms with E-state index in [1.165, 1.54) is 21.5 Å². The van der Waals surface area contributed by atoms with E-state index in [-0.39, 0.29) is 0 Å². The quantitative estimate of drug-likeness (QED) is 0.116. The van der Waals surface area contributed by atoms with Crippen LogP contribution in [0.5, 0.6) is 17.2 Å². The highest BCUT2D eigenvalue weighted by Crippen LogP contribution is 2.41. The second kappa shape index (κ2) is 14.9. The number of pyridine rings is 1. The van der Waals surface area contributed by atoms with Crippen LogP contribution in [-0.4, -0.2) is 40.9 Å². The zero-order chi connectivity index (χ0) is 38.0. The third-order valence-electron chi connectivity index (χ3n) is 10.8. The maximum atomic E-state index is 6.68. The fourth-order valence-electron chi connectivity index (χ4n) is 8.01. The van der Waals surface area contributed by atoms with Gasteiger partial charge in [0.2, 0.25) is 8.07 Å². The summed E-state index contributed by atoms with van der Waals surface area (Å²) in [6, 6.07) is 68.8. The van der Waals surface area contributed by atoms with Crippen LogP contribution in [0, 0.1) is 0 Å². The van der Waals surface area contributed by atoms with Crippen LogP contribution in [0.4, 0.5) is 0 Å². The standard InChI is InChI=1S/C50H39N3O3Si/c1-5-18-37(19-6-1)52-45-29-16-14-27-43(45)49-46(52)33-32-42-41-26-13-15-28-44(41)53(50(42)49)47-30-17-31-48(51-47)57(34-54-38-20-7-2-8-21-38,35-55-39-22-9-3-10-23-39)36-56-40-24-11-4-12-25-40/h1-33H,34-36H2. The van der Waals surface area contributed by atoms with Crippen LogP contribution < -0.4 is 19.5 Å². The molecular formula is C50H39N3O3Si. The molecule has 0 bridgehead atoms. The van der Waals surface area contributed by atoms with Gasteiger partial charge < -0.3 is 18.8 Å². The first-order valence-corrected chi connectivity index (χ1v) is 21.9. The lowest BCUT2D eigenvalue weighted by atomic mass is 10.1. The molecule has 10 aromatic rings. The van der Waals surface area contributed by atoms with E-state index < -0.39 is 8.07 Å². The van der Waals surface area contributed by atoms with E-state index >= 15 is 0 Å². The Balaban J connectivity index is 1.20. The molecule has 0 N–H and O–H groups in total. The van der Waals surface area contributed by atoms with Crippen molar-refractivity contribution < 1.29 is 14.2 Å². The van der Waals surface area contributed by atoms with Crippen LogP contribution in [-0.2, 0) is 0 Å². The SMILES string of the molecule is c1ccc(OC[Si](COc2ccccc2)(COc2ccccc2)c2cccc(-n3c4ccccc4c4ccc5c(c6ccccc6n5-c5ccccc5)c43)n2)cc1. The maximum absolute atomic E-state index is 6.68. The lowest BCUT2D eigenvalue weighted by Crippen LogP contribution is -2.64. The molecule has 7 aromatic carbocycles. The highest BCUT2D eigenvalue weighted by molar-refractivity contribution is 6.91. The lowest BCUT2D eigenvalue weighted by Gasteiger charge is -2.31. The molecule has 6 nitrogen and oxygen atoms in total. The molecule has 3 aromatic heterocycles. The number of rotatable bonds is 12. The largest absolute Gasteiger partial charge is 0.496 e. The first kappa shape index (κ1) is 34.4. The molecule has 0 saturated carbocycles. The summed E-state index contributed by atoms with van der Waals surface area (Å²) in [5.41, 5.74) is 5.64. The Labute approximate surface area is 331 Å². The van der Waals surface area contributed by atoms with E-state index in [4.69, 9.17) is 19.2 Å². The molecule has 0 radical (unpaired) electrons. The number of para-hydroxylation sites is 6. The van der Waals surface area contributed by atoms with Gasteiger partial charge in [0.25, 0.3) is 0 Å². The topological polar surface area (TPSA) is 50.4 Å². The molecule has 0 aliphatic carbocycles.